The van der Waals surface area contributed by atoms with Crippen molar-refractivity contribution in [1.82, 2.24) is 5.32 Å². The van der Waals surface area contributed by atoms with Gasteiger partial charge in [0.2, 0.25) is 5.91 Å². The zero-order chi connectivity index (χ0) is 19.1. The van der Waals surface area contributed by atoms with Crippen LogP contribution in [0.1, 0.15) is 12.5 Å². The molecule has 2 rings (SSSR count). The molecule has 2 aromatic rings. The number of benzene rings is 2. The molecule has 0 unspecified atom stereocenters. The minimum absolute atomic E-state index is 0.0409. The average Bonchev–Trinajstić information content (AvgIpc) is 2.61. The zero-order valence-electron chi connectivity index (χ0n) is 14.2. The second kappa shape index (κ2) is 8.43. The molecular weight excluding hydrogens is 338 g/mol. The highest BCUT2D eigenvalue weighted by Gasteiger charge is 2.13. The van der Waals surface area contributed by atoms with Crippen molar-refractivity contribution >= 4 is 29.3 Å². The van der Waals surface area contributed by atoms with Gasteiger partial charge < -0.3 is 15.4 Å². The Hall–Kier alpha value is -3.68. The number of carbonyl (C=O) groups is 2. The fourth-order valence-corrected chi connectivity index (χ4v) is 2.14. The summed E-state index contributed by atoms with van der Waals surface area (Å²) in [5, 5.41) is 16.0. The van der Waals surface area contributed by atoms with Gasteiger partial charge in [-0.2, -0.15) is 0 Å². The molecular formula is C18H17N3O5. The van der Waals surface area contributed by atoms with E-state index in [4.69, 9.17) is 4.74 Å². The molecule has 0 spiro atoms. The lowest BCUT2D eigenvalue weighted by molar-refractivity contribution is -0.384. The van der Waals surface area contributed by atoms with Crippen molar-refractivity contribution in [2.45, 2.75) is 6.92 Å². The number of anilines is 1. The van der Waals surface area contributed by atoms with E-state index in [9.17, 15) is 19.7 Å². The van der Waals surface area contributed by atoms with E-state index in [0.29, 0.717) is 17.0 Å². The van der Waals surface area contributed by atoms with Gasteiger partial charge in [-0.1, -0.05) is 18.2 Å². The molecule has 26 heavy (non-hydrogen) atoms. The summed E-state index contributed by atoms with van der Waals surface area (Å²) in [6.45, 7) is 1.26. The molecule has 0 aliphatic carbocycles. The Morgan fingerprint density at radius 2 is 1.88 bits per heavy atom. The van der Waals surface area contributed by atoms with E-state index in [-0.39, 0.29) is 11.4 Å². The second-order valence-corrected chi connectivity index (χ2v) is 5.28. The molecule has 2 aromatic carbocycles. The van der Waals surface area contributed by atoms with Gasteiger partial charge in [-0.05, 0) is 23.8 Å². The summed E-state index contributed by atoms with van der Waals surface area (Å²) >= 11 is 0. The van der Waals surface area contributed by atoms with E-state index in [1.54, 1.807) is 30.3 Å². The van der Waals surface area contributed by atoms with Gasteiger partial charge in [-0.3, -0.25) is 19.7 Å². The number of nitro groups is 1. The zero-order valence-corrected chi connectivity index (χ0v) is 14.2. The molecule has 0 fully saturated rings. The summed E-state index contributed by atoms with van der Waals surface area (Å²) in [6.07, 6.45) is 1.36. The SMILES string of the molecule is COc1cccc(NC(=O)C(=Cc2cccc([N+](=O)[O-])c2)NC(C)=O)c1. The lowest BCUT2D eigenvalue weighted by Gasteiger charge is -2.10. The number of nitro benzene ring substituents is 1. The van der Waals surface area contributed by atoms with Crippen molar-refractivity contribution in [1.29, 1.82) is 0 Å². The Labute approximate surface area is 149 Å². The molecule has 2 amide bonds. The third kappa shape index (κ3) is 5.17. The van der Waals surface area contributed by atoms with Crippen LogP contribution in [0.4, 0.5) is 11.4 Å². The molecule has 0 saturated heterocycles. The van der Waals surface area contributed by atoms with Gasteiger partial charge in [0, 0.05) is 30.8 Å². The maximum Gasteiger partial charge on any atom is 0.272 e. The fraction of sp³-hybridized carbons (Fsp3) is 0.111. The van der Waals surface area contributed by atoms with E-state index < -0.39 is 16.7 Å². The Balaban J connectivity index is 2.30. The van der Waals surface area contributed by atoms with Crippen LogP contribution in [0, 0.1) is 10.1 Å². The standard InChI is InChI=1S/C18H17N3O5/c1-12(22)19-17(10-13-5-3-7-15(9-13)21(24)25)18(23)20-14-6-4-8-16(11-14)26-2/h3-11H,1-2H3,(H,19,22)(H,20,23). The van der Waals surface area contributed by atoms with Gasteiger partial charge in [-0.25, -0.2) is 0 Å². The number of hydrogen-bond acceptors (Lipinski definition) is 5. The van der Waals surface area contributed by atoms with E-state index in [1.165, 1.54) is 38.3 Å². The number of hydrogen-bond donors (Lipinski definition) is 2. The normalized spacial score (nSPS) is 10.8. The molecule has 0 atom stereocenters. The van der Waals surface area contributed by atoms with Gasteiger partial charge in [0.05, 0.1) is 12.0 Å². The third-order valence-corrected chi connectivity index (χ3v) is 3.27. The monoisotopic (exact) mass is 355 g/mol. The van der Waals surface area contributed by atoms with Crippen LogP contribution >= 0.6 is 0 Å². The number of carbonyl (C=O) groups excluding carboxylic acids is 2. The highest BCUT2D eigenvalue weighted by Crippen LogP contribution is 2.18. The van der Waals surface area contributed by atoms with Gasteiger partial charge >= 0.3 is 0 Å². The summed E-state index contributed by atoms with van der Waals surface area (Å²) in [4.78, 5) is 34.3. The van der Waals surface area contributed by atoms with Crippen LogP contribution in [0.25, 0.3) is 6.08 Å². The largest absolute Gasteiger partial charge is 0.497 e. The molecule has 0 aliphatic rings. The quantitative estimate of drug-likeness (QED) is 0.470. The van der Waals surface area contributed by atoms with E-state index >= 15 is 0 Å². The Morgan fingerprint density at radius 1 is 1.15 bits per heavy atom. The number of non-ortho nitro benzene ring substituents is 1. The number of nitrogens with zero attached hydrogens (tertiary/aromatic N) is 1. The minimum atomic E-state index is -0.569. The number of rotatable bonds is 6. The number of nitrogens with one attached hydrogen (secondary N) is 2. The molecule has 0 radical (unpaired) electrons. The number of methoxy groups -OCH3 is 1. The van der Waals surface area contributed by atoms with Crippen molar-refractivity contribution in [3.05, 3.63) is 69.9 Å². The Morgan fingerprint density at radius 3 is 2.54 bits per heavy atom. The van der Waals surface area contributed by atoms with Crippen molar-refractivity contribution < 1.29 is 19.2 Å². The van der Waals surface area contributed by atoms with Crippen molar-refractivity contribution in [3.8, 4) is 5.75 Å². The maximum absolute atomic E-state index is 12.5. The minimum Gasteiger partial charge on any atom is -0.497 e. The lowest BCUT2D eigenvalue weighted by atomic mass is 10.1. The average molecular weight is 355 g/mol. The fourth-order valence-electron chi connectivity index (χ4n) is 2.14. The molecule has 0 heterocycles. The first-order valence-electron chi connectivity index (χ1n) is 7.58. The van der Waals surface area contributed by atoms with Crippen LogP contribution in [0.5, 0.6) is 5.75 Å². The molecule has 0 aromatic heterocycles. The third-order valence-electron chi connectivity index (χ3n) is 3.27. The summed E-state index contributed by atoms with van der Waals surface area (Å²) in [6, 6.07) is 12.4. The highest BCUT2D eigenvalue weighted by molar-refractivity contribution is 6.08. The molecule has 0 aliphatic heterocycles. The van der Waals surface area contributed by atoms with Gasteiger partial charge in [0.25, 0.3) is 11.6 Å². The van der Waals surface area contributed by atoms with Crippen LogP contribution in [0.2, 0.25) is 0 Å². The smallest absolute Gasteiger partial charge is 0.272 e. The summed E-state index contributed by atoms with van der Waals surface area (Å²) < 4.78 is 5.09. The number of amides is 2. The maximum atomic E-state index is 12.5. The van der Waals surface area contributed by atoms with Crippen molar-refractivity contribution in [2.75, 3.05) is 12.4 Å². The first-order chi connectivity index (χ1) is 12.4. The summed E-state index contributed by atoms with van der Waals surface area (Å²) in [5.41, 5.74) is 0.725. The molecule has 0 bridgehead atoms. The van der Waals surface area contributed by atoms with E-state index in [2.05, 4.69) is 10.6 Å². The van der Waals surface area contributed by atoms with Crippen LogP contribution < -0.4 is 15.4 Å². The predicted octanol–water partition coefficient (Wildman–Crippen LogP) is 2.72. The van der Waals surface area contributed by atoms with E-state index in [1.807, 2.05) is 0 Å². The van der Waals surface area contributed by atoms with Crippen molar-refractivity contribution in [3.63, 3.8) is 0 Å². The second-order valence-electron chi connectivity index (χ2n) is 5.28. The first kappa shape index (κ1) is 18.7. The molecule has 0 saturated carbocycles. The molecule has 8 nitrogen and oxygen atoms in total. The Kier molecular flexibility index (Phi) is 6.05. The van der Waals surface area contributed by atoms with Gasteiger partial charge in [-0.15, -0.1) is 0 Å². The van der Waals surface area contributed by atoms with Crippen molar-refractivity contribution in [2.24, 2.45) is 0 Å². The van der Waals surface area contributed by atoms with Gasteiger partial charge in [0.1, 0.15) is 11.4 Å². The first-order valence-corrected chi connectivity index (χ1v) is 7.58. The van der Waals surface area contributed by atoms with Crippen LogP contribution in [-0.4, -0.2) is 23.8 Å². The molecule has 2 N–H and O–H groups in total. The van der Waals surface area contributed by atoms with Gasteiger partial charge in [0.15, 0.2) is 0 Å². The predicted molar refractivity (Wildman–Crippen MR) is 96.5 cm³/mol. The summed E-state index contributed by atoms with van der Waals surface area (Å²) in [5.74, 6) is -0.450. The Bertz CT molecular complexity index is 877. The highest BCUT2D eigenvalue weighted by atomic mass is 16.6. The van der Waals surface area contributed by atoms with E-state index in [0.717, 1.165) is 0 Å². The topological polar surface area (TPSA) is 111 Å². The molecule has 8 heteroatoms. The van der Waals surface area contributed by atoms with Crippen LogP contribution in [-0.2, 0) is 9.59 Å². The number of ether oxygens (including phenoxy) is 1. The van der Waals surface area contributed by atoms with Crippen LogP contribution in [0.3, 0.4) is 0 Å². The summed E-state index contributed by atoms with van der Waals surface area (Å²) in [7, 11) is 1.51. The molecule has 134 valence electrons. The van der Waals surface area contributed by atoms with Crippen LogP contribution in [0.15, 0.2) is 54.2 Å². The lowest BCUT2D eigenvalue weighted by Crippen LogP contribution is -2.28.